The molecule has 0 spiro atoms. The van der Waals surface area contributed by atoms with Gasteiger partial charge in [-0.05, 0) is 43.4 Å². The van der Waals surface area contributed by atoms with Gasteiger partial charge in [-0.15, -0.1) is 0 Å². The largest absolute Gasteiger partial charge is 0.508 e. The number of carboxylic acids is 1. The molecule has 1 saturated heterocycles. The van der Waals surface area contributed by atoms with E-state index in [0.717, 1.165) is 5.56 Å². The molecule has 0 aromatic heterocycles. The van der Waals surface area contributed by atoms with Crippen LogP contribution < -0.4 is 22.1 Å². The van der Waals surface area contributed by atoms with E-state index < -0.39 is 53.8 Å². The second kappa shape index (κ2) is 13.0. The summed E-state index contributed by atoms with van der Waals surface area (Å²) in [5.41, 5.74) is 11.9. The van der Waals surface area contributed by atoms with E-state index in [-0.39, 0.29) is 30.8 Å². The molecule has 4 amide bonds. The van der Waals surface area contributed by atoms with Crippen LogP contribution in [0.3, 0.4) is 0 Å². The van der Waals surface area contributed by atoms with E-state index in [4.69, 9.17) is 11.5 Å². The van der Waals surface area contributed by atoms with Crippen LogP contribution in [0.4, 0.5) is 0 Å². The minimum Gasteiger partial charge on any atom is -0.508 e. The number of primary amides is 1. The lowest BCUT2D eigenvalue weighted by Gasteiger charge is -2.28. The van der Waals surface area contributed by atoms with Gasteiger partial charge in [-0.25, -0.2) is 4.79 Å². The van der Waals surface area contributed by atoms with Crippen LogP contribution in [0.2, 0.25) is 0 Å². The number of nitrogens with one attached hydrogen (secondary N) is 2. The van der Waals surface area contributed by atoms with Crippen molar-refractivity contribution >= 4 is 42.2 Å². The second-order valence-electron chi connectivity index (χ2n) is 8.31. The summed E-state index contributed by atoms with van der Waals surface area (Å²) in [5.74, 6) is -3.87. The number of rotatable bonds is 12. The van der Waals surface area contributed by atoms with Gasteiger partial charge >= 0.3 is 5.97 Å². The number of carbonyl (C=O) groups excluding carboxylic acids is 4. The molecule has 1 aliphatic rings. The number of phenols is 1. The van der Waals surface area contributed by atoms with Gasteiger partial charge in [-0.3, -0.25) is 19.2 Å². The summed E-state index contributed by atoms with van der Waals surface area (Å²) in [7, 11) is 0. The highest BCUT2D eigenvalue weighted by Gasteiger charge is 2.37. The van der Waals surface area contributed by atoms with Crippen molar-refractivity contribution < 1.29 is 34.2 Å². The Morgan fingerprint density at radius 1 is 1.11 bits per heavy atom. The number of benzene rings is 1. The molecule has 35 heavy (non-hydrogen) atoms. The van der Waals surface area contributed by atoms with Gasteiger partial charge in [0, 0.05) is 18.7 Å². The molecular formula is C22H31N5O7S. The van der Waals surface area contributed by atoms with E-state index >= 15 is 0 Å². The number of likely N-dealkylation sites (tertiary alicyclic amines) is 1. The molecular weight excluding hydrogens is 478 g/mol. The number of hydrogen-bond acceptors (Lipinski definition) is 8. The summed E-state index contributed by atoms with van der Waals surface area (Å²) in [4.78, 5) is 62.1. The first kappa shape index (κ1) is 27.9. The third-order valence-corrected chi connectivity index (χ3v) is 6.02. The van der Waals surface area contributed by atoms with E-state index in [1.54, 1.807) is 12.1 Å². The van der Waals surface area contributed by atoms with E-state index in [1.165, 1.54) is 17.0 Å². The number of carbonyl (C=O) groups is 5. The number of aromatic hydroxyl groups is 1. The van der Waals surface area contributed by atoms with Gasteiger partial charge in [-0.1, -0.05) is 12.1 Å². The van der Waals surface area contributed by atoms with Crippen molar-refractivity contribution in [2.45, 2.75) is 56.3 Å². The Kier molecular flexibility index (Phi) is 10.3. The number of aliphatic carboxylic acids is 1. The van der Waals surface area contributed by atoms with E-state index in [1.807, 2.05) is 0 Å². The summed E-state index contributed by atoms with van der Waals surface area (Å²) in [6.07, 6.45) is 0.724. The normalized spacial score (nSPS) is 17.8. The molecule has 4 unspecified atom stereocenters. The zero-order chi connectivity index (χ0) is 26.1. The third kappa shape index (κ3) is 8.14. The second-order valence-corrected chi connectivity index (χ2v) is 8.68. The van der Waals surface area contributed by atoms with E-state index in [9.17, 15) is 34.2 Å². The molecule has 1 fully saturated rings. The highest BCUT2D eigenvalue weighted by molar-refractivity contribution is 7.80. The van der Waals surface area contributed by atoms with Crippen molar-refractivity contribution in [2.24, 2.45) is 11.5 Å². The van der Waals surface area contributed by atoms with Gasteiger partial charge in [0.1, 0.15) is 23.9 Å². The van der Waals surface area contributed by atoms with Crippen LogP contribution in [-0.2, 0) is 30.4 Å². The zero-order valence-corrected chi connectivity index (χ0v) is 19.9. The summed E-state index contributed by atoms with van der Waals surface area (Å²) < 4.78 is 0. The quantitative estimate of drug-likeness (QED) is 0.165. The molecule has 1 aromatic rings. The fourth-order valence-corrected chi connectivity index (χ4v) is 4.02. The average Bonchev–Trinajstić information content (AvgIpc) is 3.30. The van der Waals surface area contributed by atoms with Crippen molar-refractivity contribution in [3.8, 4) is 5.75 Å². The molecule has 2 rings (SSSR count). The van der Waals surface area contributed by atoms with Crippen molar-refractivity contribution in [1.29, 1.82) is 0 Å². The zero-order valence-electron chi connectivity index (χ0n) is 19.1. The van der Waals surface area contributed by atoms with Gasteiger partial charge in [0.05, 0.1) is 6.04 Å². The molecule has 0 saturated carbocycles. The number of carboxylic acid groups (broad SMARTS) is 1. The molecule has 1 aromatic carbocycles. The predicted molar refractivity (Wildman–Crippen MR) is 128 cm³/mol. The number of thiol groups is 1. The molecule has 0 aliphatic carbocycles. The molecule has 8 N–H and O–H groups in total. The first-order valence-corrected chi connectivity index (χ1v) is 11.7. The van der Waals surface area contributed by atoms with Crippen molar-refractivity contribution in [3.63, 3.8) is 0 Å². The van der Waals surface area contributed by atoms with Crippen LogP contribution in [0.1, 0.15) is 31.2 Å². The maximum Gasteiger partial charge on any atom is 0.326 e. The Morgan fingerprint density at radius 3 is 2.34 bits per heavy atom. The highest BCUT2D eigenvalue weighted by Crippen LogP contribution is 2.20. The summed E-state index contributed by atoms with van der Waals surface area (Å²) >= 11 is 4.07. The first-order valence-electron chi connectivity index (χ1n) is 11.1. The monoisotopic (exact) mass is 509 g/mol. The van der Waals surface area contributed by atoms with Crippen molar-refractivity contribution in [2.75, 3.05) is 12.3 Å². The molecule has 12 nitrogen and oxygen atoms in total. The highest BCUT2D eigenvalue weighted by atomic mass is 32.1. The first-order chi connectivity index (χ1) is 16.5. The third-order valence-electron chi connectivity index (χ3n) is 5.66. The summed E-state index contributed by atoms with van der Waals surface area (Å²) in [5, 5.41) is 23.5. The van der Waals surface area contributed by atoms with Crippen molar-refractivity contribution in [1.82, 2.24) is 15.5 Å². The van der Waals surface area contributed by atoms with Crippen LogP contribution in [-0.4, -0.2) is 81.2 Å². The molecule has 0 bridgehead atoms. The predicted octanol–water partition coefficient (Wildman–Crippen LogP) is -1.50. The SMILES string of the molecule is NC(=O)CCC(NC(=O)C(CS)NC(=O)C1CCCN1C(=O)C(N)Cc1ccc(O)cc1)C(=O)O. The number of nitrogens with two attached hydrogens (primary N) is 2. The van der Waals surface area contributed by atoms with E-state index in [0.29, 0.717) is 19.4 Å². The molecule has 1 aliphatic heterocycles. The maximum atomic E-state index is 12.9. The van der Waals surface area contributed by atoms with Crippen LogP contribution in [0, 0.1) is 0 Å². The number of amides is 4. The average molecular weight is 510 g/mol. The summed E-state index contributed by atoms with van der Waals surface area (Å²) in [6.45, 7) is 0.326. The Labute approximate surface area is 207 Å². The van der Waals surface area contributed by atoms with Gasteiger partial charge in [0.15, 0.2) is 0 Å². The van der Waals surface area contributed by atoms with Gasteiger partial charge < -0.3 is 37.2 Å². The molecule has 0 radical (unpaired) electrons. The smallest absolute Gasteiger partial charge is 0.326 e. The van der Waals surface area contributed by atoms with Crippen molar-refractivity contribution in [3.05, 3.63) is 29.8 Å². The Hall–Kier alpha value is -3.32. The summed E-state index contributed by atoms with van der Waals surface area (Å²) in [6, 6.07) is 2.02. The lowest BCUT2D eigenvalue weighted by Crippen LogP contribution is -2.57. The van der Waals surface area contributed by atoms with Gasteiger partial charge in [0.25, 0.3) is 0 Å². The minimum absolute atomic E-state index is 0.0928. The van der Waals surface area contributed by atoms with Gasteiger partial charge in [0.2, 0.25) is 23.6 Å². The molecule has 13 heteroatoms. The fraction of sp³-hybridized carbons (Fsp3) is 0.500. The lowest BCUT2D eigenvalue weighted by molar-refractivity contribution is -0.143. The van der Waals surface area contributed by atoms with Crippen LogP contribution >= 0.6 is 12.6 Å². The number of nitrogens with zero attached hydrogens (tertiary/aromatic N) is 1. The standard InChI is InChI=1S/C22H31N5O7S/c23-14(10-12-3-5-13(28)6-4-12)21(32)27-9-1-2-17(27)20(31)26-16(11-35)19(30)25-15(22(33)34)7-8-18(24)29/h3-6,14-17,28,35H,1-2,7-11,23H2,(H2,24,29)(H,25,30)(H,26,31)(H,33,34). The lowest BCUT2D eigenvalue weighted by atomic mass is 10.0. The minimum atomic E-state index is -1.36. The van der Waals surface area contributed by atoms with Gasteiger partial charge in [-0.2, -0.15) is 12.6 Å². The molecule has 4 atom stereocenters. The fourth-order valence-electron chi connectivity index (χ4n) is 3.77. The number of phenolic OH excluding ortho intramolecular Hbond substituents is 1. The Balaban J connectivity index is 1.99. The Morgan fingerprint density at radius 2 is 1.77 bits per heavy atom. The van der Waals surface area contributed by atoms with Crippen LogP contribution in [0.5, 0.6) is 5.75 Å². The van der Waals surface area contributed by atoms with Crippen LogP contribution in [0.25, 0.3) is 0 Å². The van der Waals surface area contributed by atoms with Crippen LogP contribution in [0.15, 0.2) is 24.3 Å². The Bertz CT molecular complexity index is 943. The maximum absolute atomic E-state index is 12.9. The number of hydrogen-bond donors (Lipinski definition) is 7. The van der Waals surface area contributed by atoms with E-state index in [2.05, 4.69) is 23.3 Å². The topological polar surface area (TPSA) is 205 Å². The molecule has 192 valence electrons. The molecule has 1 heterocycles.